The van der Waals surface area contributed by atoms with Gasteiger partial charge in [-0.3, -0.25) is 4.79 Å². The third-order valence-electron chi connectivity index (χ3n) is 6.25. The van der Waals surface area contributed by atoms with E-state index in [9.17, 15) is 14.9 Å². The summed E-state index contributed by atoms with van der Waals surface area (Å²) in [7, 11) is 4.79. The summed E-state index contributed by atoms with van der Waals surface area (Å²) in [5, 5.41) is 12.0. The van der Waals surface area contributed by atoms with Gasteiger partial charge >= 0.3 is 6.03 Å². The number of carbonyl (C=O) groups excluding carboxylic acids is 2. The highest BCUT2D eigenvalue weighted by atomic mass is 32.1. The van der Waals surface area contributed by atoms with E-state index in [1.165, 1.54) is 9.78 Å². The van der Waals surface area contributed by atoms with Crippen molar-refractivity contribution in [2.75, 3.05) is 52.9 Å². The van der Waals surface area contributed by atoms with Crippen LogP contribution in [0.5, 0.6) is 11.5 Å². The van der Waals surface area contributed by atoms with E-state index in [0.29, 0.717) is 61.8 Å². The first-order valence-corrected chi connectivity index (χ1v) is 13.8. The van der Waals surface area contributed by atoms with Crippen molar-refractivity contribution in [2.45, 2.75) is 26.3 Å². The number of anilines is 1. The molecule has 3 rings (SSSR count). The lowest BCUT2D eigenvalue weighted by Gasteiger charge is -2.28. The molecule has 10 heteroatoms. The Morgan fingerprint density at radius 1 is 0.975 bits per heavy atom. The van der Waals surface area contributed by atoms with Crippen LogP contribution in [-0.2, 0) is 22.5 Å². The highest BCUT2D eigenvalue weighted by Gasteiger charge is 2.22. The maximum atomic E-state index is 13.7. The maximum absolute atomic E-state index is 13.7. The number of nitriles is 1. The molecular weight excluding hydrogens is 528 g/mol. The van der Waals surface area contributed by atoms with E-state index in [0.717, 1.165) is 10.4 Å². The number of aryl methyl sites for hydroxylation is 1. The molecule has 40 heavy (non-hydrogen) atoms. The van der Waals surface area contributed by atoms with Crippen LogP contribution in [-0.4, -0.2) is 69.3 Å². The largest absolute Gasteiger partial charge is 0.493 e. The molecule has 0 saturated heterocycles. The zero-order valence-electron chi connectivity index (χ0n) is 23.4. The van der Waals surface area contributed by atoms with Gasteiger partial charge in [-0.2, -0.15) is 5.26 Å². The van der Waals surface area contributed by atoms with Crippen LogP contribution in [0, 0.1) is 18.3 Å². The molecule has 1 aromatic heterocycles. The fourth-order valence-corrected chi connectivity index (χ4v) is 5.04. The predicted molar refractivity (Wildman–Crippen MR) is 156 cm³/mol. The minimum Gasteiger partial charge on any atom is -0.493 e. The first-order valence-electron chi connectivity index (χ1n) is 13.0. The molecule has 0 radical (unpaired) electrons. The third-order valence-corrected chi connectivity index (χ3v) is 7.23. The van der Waals surface area contributed by atoms with Gasteiger partial charge < -0.3 is 29.3 Å². The molecule has 3 amide bonds. The fourth-order valence-electron chi connectivity index (χ4n) is 4.13. The first kappa shape index (κ1) is 30.5. The zero-order valence-corrected chi connectivity index (χ0v) is 24.3. The summed E-state index contributed by atoms with van der Waals surface area (Å²) in [5.41, 5.74) is 1.94. The SMILES string of the molecule is COCCCN(CC(=O)N(CCc1ccc(OC)c(OC)c1)Cc1ccc(C)s1)C(=O)Nc1cccc(C#N)c1. The molecule has 0 saturated carbocycles. The minimum absolute atomic E-state index is 0.0935. The third kappa shape index (κ3) is 9.00. The Labute approximate surface area is 239 Å². The molecule has 1 heterocycles. The second-order valence-corrected chi connectivity index (χ2v) is 10.5. The van der Waals surface area contributed by atoms with Crippen LogP contribution in [0.15, 0.2) is 54.6 Å². The van der Waals surface area contributed by atoms with Gasteiger partial charge in [-0.1, -0.05) is 12.1 Å². The summed E-state index contributed by atoms with van der Waals surface area (Å²) in [6.07, 6.45) is 1.18. The van der Waals surface area contributed by atoms with Crippen LogP contribution >= 0.6 is 11.3 Å². The van der Waals surface area contributed by atoms with E-state index in [1.54, 1.807) is 61.8 Å². The number of hydrogen-bond acceptors (Lipinski definition) is 7. The molecule has 0 bridgehead atoms. The molecule has 0 aliphatic heterocycles. The van der Waals surface area contributed by atoms with Crippen molar-refractivity contribution in [3.8, 4) is 17.6 Å². The number of nitrogens with zero attached hydrogens (tertiary/aromatic N) is 3. The second kappa shape index (κ2) is 15.5. The van der Waals surface area contributed by atoms with Gasteiger partial charge in [-0.25, -0.2) is 4.79 Å². The Morgan fingerprint density at radius 3 is 2.45 bits per heavy atom. The van der Waals surface area contributed by atoms with Gasteiger partial charge in [0, 0.05) is 42.2 Å². The Bertz CT molecular complexity index is 1320. The number of carbonyl (C=O) groups is 2. The number of rotatable bonds is 14. The number of amides is 3. The van der Waals surface area contributed by atoms with E-state index >= 15 is 0 Å². The van der Waals surface area contributed by atoms with E-state index < -0.39 is 6.03 Å². The molecule has 2 aromatic carbocycles. The highest BCUT2D eigenvalue weighted by molar-refractivity contribution is 7.11. The van der Waals surface area contributed by atoms with Crippen molar-refractivity contribution in [1.29, 1.82) is 5.26 Å². The lowest BCUT2D eigenvalue weighted by molar-refractivity contribution is -0.132. The van der Waals surface area contributed by atoms with Crippen molar-refractivity contribution in [1.82, 2.24) is 9.80 Å². The standard InChI is InChI=1S/C30H36N4O5S/c1-22-9-11-26(40-22)20-33(15-13-23-10-12-27(38-3)28(18-23)39-4)29(35)21-34(14-6-16-37-2)30(36)32-25-8-5-7-24(17-25)19-31/h5,7-12,17-18H,6,13-16,20-21H2,1-4H3,(H,32,36). The number of methoxy groups -OCH3 is 3. The van der Waals surface area contributed by atoms with Gasteiger partial charge in [0.1, 0.15) is 6.54 Å². The number of hydrogen-bond donors (Lipinski definition) is 1. The van der Waals surface area contributed by atoms with Gasteiger partial charge in [0.2, 0.25) is 5.91 Å². The highest BCUT2D eigenvalue weighted by Crippen LogP contribution is 2.28. The molecular formula is C30H36N4O5S. The summed E-state index contributed by atoms with van der Waals surface area (Å²) < 4.78 is 15.9. The second-order valence-electron chi connectivity index (χ2n) is 9.16. The average Bonchev–Trinajstić information content (AvgIpc) is 3.38. The van der Waals surface area contributed by atoms with E-state index in [1.807, 2.05) is 37.3 Å². The summed E-state index contributed by atoms with van der Waals surface area (Å²) in [6.45, 7) is 3.65. The van der Waals surface area contributed by atoms with Gasteiger partial charge in [-0.05, 0) is 67.8 Å². The maximum Gasteiger partial charge on any atom is 0.322 e. The number of thiophene rings is 1. The summed E-state index contributed by atoms with van der Waals surface area (Å²) in [6, 6.07) is 18.1. The molecule has 0 fully saturated rings. The number of nitrogens with one attached hydrogen (secondary N) is 1. The molecule has 0 aliphatic carbocycles. The smallest absolute Gasteiger partial charge is 0.322 e. The Kier molecular flexibility index (Phi) is 11.8. The molecule has 9 nitrogen and oxygen atoms in total. The van der Waals surface area contributed by atoms with Crippen molar-refractivity contribution in [3.63, 3.8) is 0 Å². The predicted octanol–water partition coefficient (Wildman–Crippen LogP) is 5.09. The lowest BCUT2D eigenvalue weighted by atomic mass is 10.1. The van der Waals surface area contributed by atoms with Crippen molar-refractivity contribution in [2.24, 2.45) is 0 Å². The number of urea groups is 1. The summed E-state index contributed by atoms with van der Waals surface area (Å²) >= 11 is 1.65. The van der Waals surface area contributed by atoms with Crippen LogP contribution in [0.25, 0.3) is 0 Å². The Morgan fingerprint density at radius 2 is 1.77 bits per heavy atom. The van der Waals surface area contributed by atoms with Crippen LogP contribution in [0.1, 0.15) is 27.3 Å². The van der Waals surface area contributed by atoms with E-state index in [2.05, 4.69) is 11.4 Å². The monoisotopic (exact) mass is 564 g/mol. The summed E-state index contributed by atoms with van der Waals surface area (Å²) in [5.74, 6) is 1.12. The topological polar surface area (TPSA) is 104 Å². The van der Waals surface area contributed by atoms with Crippen LogP contribution in [0.3, 0.4) is 0 Å². The van der Waals surface area contributed by atoms with Gasteiger partial charge in [-0.15, -0.1) is 11.3 Å². The van der Waals surface area contributed by atoms with Crippen LogP contribution in [0.2, 0.25) is 0 Å². The molecule has 0 unspecified atom stereocenters. The lowest BCUT2D eigenvalue weighted by Crippen LogP contribution is -2.45. The Hall–Kier alpha value is -4.07. The first-order chi connectivity index (χ1) is 19.4. The van der Waals surface area contributed by atoms with Gasteiger partial charge in [0.25, 0.3) is 0 Å². The Balaban J connectivity index is 1.77. The number of ether oxygens (including phenoxy) is 3. The summed E-state index contributed by atoms with van der Waals surface area (Å²) in [4.78, 5) is 32.4. The fraction of sp³-hybridized carbons (Fsp3) is 0.367. The van der Waals surface area contributed by atoms with E-state index in [4.69, 9.17) is 14.2 Å². The van der Waals surface area contributed by atoms with Crippen molar-refractivity contribution >= 4 is 29.0 Å². The minimum atomic E-state index is -0.411. The zero-order chi connectivity index (χ0) is 28.9. The average molecular weight is 565 g/mol. The van der Waals surface area contributed by atoms with Crippen LogP contribution < -0.4 is 14.8 Å². The van der Waals surface area contributed by atoms with Crippen molar-refractivity contribution < 1.29 is 23.8 Å². The normalized spacial score (nSPS) is 10.5. The number of benzene rings is 2. The van der Waals surface area contributed by atoms with Crippen molar-refractivity contribution in [3.05, 3.63) is 75.5 Å². The van der Waals surface area contributed by atoms with Gasteiger partial charge in [0.15, 0.2) is 11.5 Å². The molecule has 212 valence electrons. The van der Waals surface area contributed by atoms with Gasteiger partial charge in [0.05, 0.1) is 32.4 Å². The quantitative estimate of drug-likeness (QED) is 0.274. The molecule has 0 aliphatic rings. The van der Waals surface area contributed by atoms with E-state index in [-0.39, 0.29) is 12.5 Å². The molecule has 0 spiro atoms. The molecule has 0 atom stereocenters. The molecule has 1 N–H and O–H groups in total. The molecule has 3 aromatic rings. The van der Waals surface area contributed by atoms with Crippen LogP contribution in [0.4, 0.5) is 10.5 Å².